The van der Waals surface area contributed by atoms with Crippen LogP contribution in [0.15, 0.2) is 0 Å². The Morgan fingerprint density at radius 1 is 1.26 bits per heavy atom. The van der Waals surface area contributed by atoms with Gasteiger partial charge >= 0.3 is 5.97 Å². The first-order chi connectivity index (χ1) is 9.15. The first-order valence-electron chi connectivity index (χ1n) is 7.76. The van der Waals surface area contributed by atoms with Crippen LogP contribution in [-0.2, 0) is 9.53 Å². The van der Waals surface area contributed by atoms with Crippen molar-refractivity contribution in [1.29, 1.82) is 0 Å². The van der Waals surface area contributed by atoms with Crippen molar-refractivity contribution in [3.8, 4) is 0 Å². The molecule has 2 N–H and O–H groups in total. The third-order valence-electron chi connectivity index (χ3n) is 5.46. The van der Waals surface area contributed by atoms with Crippen molar-refractivity contribution in [2.75, 3.05) is 20.2 Å². The number of nitrogens with zero attached hydrogens (tertiary/aromatic N) is 1. The van der Waals surface area contributed by atoms with E-state index >= 15 is 0 Å². The predicted octanol–water partition coefficient (Wildman–Crippen LogP) is 1.53. The lowest BCUT2D eigenvalue weighted by molar-refractivity contribution is -0.149. The number of ether oxygens (including phenoxy) is 1. The summed E-state index contributed by atoms with van der Waals surface area (Å²) in [5, 5.41) is 0. The molecule has 4 heteroatoms. The van der Waals surface area contributed by atoms with E-state index in [1.807, 2.05) is 0 Å². The zero-order valence-corrected chi connectivity index (χ0v) is 11.9. The monoisotopic (exact) mass is 266 g/mol. The van der Waals surface area contributed by atoms with Gasteiger partial charge in [0.15, 0.2) is 0 Å². The van der Waals surface area contributed by atoms with E-state index in [0.717, 1.165) is 25.3 Å². The second-order valence-corrected chi connectivity index (χ2v) is 6.68. The first-order valence-corrected chi connectivity index (χ1v) is 7.76. The molecule has 2 aliphatic carbocycles. The van der Waals surface area contributed by atoms with Crippen LogP contribution in [0.1, 0.15) is 44.9 Å². The Labute approximate surface area is 115 Å². The number of carbonyl (C=O) groups excluding carboxylic acids is 1. The van der Waals surface area contributed by atoms with Crippen LogP contribution in [0.3, 0.4) is 0 Å². The van der Waals surface area contributed by atoms with Crippen molar-refractivity contribution >= 4 is 5.97 Å². The SMILES string of the molecule is COC(=O)C(N)(CN1CCC2CCCCC21)C1CC1. The van der Waals surface area contributed by atoms with Crippen LogP contribution in [0.5, 0.6) is 0 Å². The van der Waals surface area contributed by atoms with Gasteiger partial charge in [-0.15, -0.1) is 0 Å². The lowest BCUT2D eigenvalue weighted by Crippen LogP contribution is -2.59. The molecule has 2 saturated carbocycles. The second-order valence-electron chi connectivity index (χ2n) is 6.68. The van der Waals surface area contributed by atoms with Gasteiger partial charge in [-0.1, -0.05) is 12.8 Å². The zero-order chi connectivity index (χ0) is 13.5. The van der Waals surface area contributed by atoms with E-state index in [9.17, 15) is 4.79 Å². The van der Waals surface area contributed by atoms with Gasteiger partial charge in [-0.3, -0.25) is 9.69 Å². The number of rotatable bonds is 4. The van der Waals surface area contributed by atoms with E-state index in [-0.39, 0.29) is 5.97 Å². The molecule has 1 aliphatic heterocycles. The van der Waals surface area contributed by atoms with Crippen molar-refractivity contribution in [3.05, 3.63) is 0 Å². The standard InChI is InChI=1S/C15H26N2O2/c1-19-14(18)15(16,12-6-7-12)10-17-9-8-11-4-2-3-5-13(11)17/h11-13H,2-10,16H2,1H3. The summed E-state index contributed by atoms with van der Waals surface area (Å²) in [6.45, 7) is 1.81. The van der Waals surface area contributed by atoms with E-state index < -0.39 is 5.54 Å². The van der Waals surface area contributed by atoms with Crippen LogP contribution in [0.2, 0.25) is 0 Å². The normalized spacial score (nSPS) is 34.6. The largest absolute Gasteiger partial charge is 0.468 e. The molecule has 3 atom stereocenters. The minimum atomic E-state index is -0.763. The third-order valence-corrected chi connectivity index (χ3v) is 5.46. The van der Waals surface area contributed by atoms with Crippen molar-refractivity contribution in [2.45, 2.75) is 56.5 Å². The fourth-order valence-electron chi connectivity index (χ4n) is 4.18. The molecule has 1 saturated heterocycles. The quantitative estimate of drug-likeness (QED) is 0.784. The van der Waals surface area contributed by atoms with Gasteiger partial charge in [0.1, 0.15) is 5.54 Å². The average Bonchev–Trinajstić information content (AvgIpc) is 3.22. The van der Waals surface area contributed by atoms with Crippen molar-refractivity contribution in [3.63, 3.8) is 0 Å². The van der Waals surface area contributed by atoms with E-state index in [1.54, 1.807) is 0 Å². The molecule has 0 aromatic rings. The summed E-state index contributed by atoms with van der Waals surface area (Å²) in [6, 6.07) is 0.667. The van der Waals surface area contributed by atoms with E-state index in [2.05, 4.69) is 4.90 Å². The molecule has 3 fully saturated rings. The maximum absolute atomic E-state index is 12.1. The molecule has 1 heterocycles. The molecular weight excluding hydrogens is 240 g/mol. The predicted molar refractivity (Wildman–Crippen MR) is 73.6 cm³/mol. The Morgan fingerprint density at radius 3 is 2.68 bits per heavy atom. The molecule has 3 aliphatic rings. The maximum Gasteiger partial charge on any atom is 0.327 e. The Kier molecular flexibility index (Phi) is 3.56. The number of carbonyl (C=O) groups is 1. The number of likely N-dealkylation sites (tertiary alicyclic amines) is 1. The molecule has 0 amide bonds. The number of esters is 1. The van der Waals surface area contributed by atoms with E-state index in [4.69, 9.17) is 10.5 Å². The third kappa shape index (κ3) is 2.40. The number of hydrogen-bond acceptors (Lipinski definition) is 4. The number of fused-ring (bicyclic) bond motifs is 1. The Bertz CT molecular complexity index is 356. The van der Waals surface area contributed by atoms with E-state index in [0.29, 0.717) is 18.5 Å². The molecule has 4 nitrogen and oxygen atoms in total. The van der Waals surface area contributed by atoms with Gasteiger partial charge in [0.05, 0.1) is 7.11 Å². The first kappa shape index (κ1) is 13.4. The summed E-state index contributed by atoms with van der Waals surface area (Å²) in [5.41, 5.74) is 5.68. The summed E-state index contributed by atoms with van der Waals surface area (Å²) < 4.78 is 4.97. The van der Waals surface area contributed by atoms with Gasteiger partial charge in [0.2, 0.25) is 0 Å². The van der Waals surface area contributed by atoms with Crippen LogP contribution < -0.4 is 5.73 Å². The highest BCUT2D eigenvalue weighted by molar-refractivity contribution is 5.81. The van der Waals surface area contributed by atoms with Crippen molar-refractivity contribution < 1.29 is 9.53 Å². The molecule has 3 unspecified atom stereocenters. The summed E-state index contributed by atoms with van der Waals surface area (Å²) in [6.07, 6.45) is 8.79. The molecular formula is C15H26N2O2. The van der Waals surface area contributed by atoms with E-state index in [1.165, 1.54) is 39.2 Å². The highest BCUT2D eigenvalue weighted by atomic mass is 16.5. The van der Waals surface area contributed by atoms with Crippen LogP contribution in [0.25, 0.3) is 0 Å². The zero-order valence-electron chi connectivity index (χ0n) is 11.9. The number of methoxy groups -OCH3 is 1. The summed E-state index contributed by atoms with van der Waals surface area (Å²) >= 11 is 0. The minimum absolute atomic E-state index is 0.214. The van der Waals surface area contributed by atoms with Gasteiger partial charge in [-0.05, 0) is 50.5 Å². The fraction of sp³-hybridized carbons (Fsp3) is 0.933. The Balaban J connectivity index is 1.70. The van der Waals surface area contributed by atoms with Crippen LogP contribution in [0.4, 0.5) is 0 Å². The van der Waals surface area contributed by atoms with Gasteiger partial charge in [0.25, 0.3) is 0 Å². The van der Waals surface area contributed by atoms with Crippen LogP contribution in [0, 0.1) is 11.8 Å². The van der Waals surface area contributed by atoms with Crippen molar-refractivity contribution in [2.24, 2.45) is 17.6 Å². The lowest BCUT2D eigenvalue weighted by Gasteiger charge is -2.37. The fourth-order valence-corrected chi connectivity index (χ4v) is 4.18. The molecule has 0 spiro atoms. The number of nitrogens with two attached hydrogens (primary N) is 1. The lowest BCUT2D eigenvalue weighted by atomic mass is 9.84. The highest BCUT2D eigenvalue weighted by Gasteiger charge is 2.51. The van der Waals surface area contributed by atoms with Crippen molar-refractivity contribution in [1.82, 2.24) is 4.90 Å². The maximum atomic E-state index is 12.1. The van der Waals surface area contributed by atoms with Crippen LogP contribution in [-0.4, -0.2) is 42.6 Å². The second kappa shape index (κ2) is 5.06. The Hall–Kier alpha value is -0.610. The summed E-state index contributed by atoms with van der Waals surface area (Å²) in [5.74, 6) is 0.965. The molecule has 108 valence electrons. The topological polar surface area (TPSA) is 55.6 Å². The number of hydrogen-bond donors (Lipinski definition) is 1. The summed E-state index contributed by atoms with van der Waals surface area (Å²) in [7, 11) is 1.46. The Morgan fingerprint density at radius 2 is 2.00 bits per heavy atom. The highest BCUT2D eigenvalue weighted by Crippen LogP contribution is 2.42. The molecule has 3 rings (SSSR count). The molecule has 0 aromatic heterocycles. The molecule has 0 radical (unpaired) electrons. The molecule has 19 heavy (non-hydrogen) atoms. The molecule has 0 aromatic carbocycles. The molecule has 0 bridgehead atoms. The van der Waals surface area contributed by atoms with Gasteiger partial charge in [-0.2, -0.15) is 0 Å². The summed E-state index contributed by atoms with van der Waals surface area (Å²) in [4.78, 5) is 14.6. The van der Waals surface area contributed by atoms with Gasteiger partial charge < -0.3 is 10.5 Å². The smallest absolute Gasteiger partial charge is 0.327 e. The minimum Gasteiger partial charge on any atom is -0.468 e. The average molecular weight is 266 g/mol. The van der Waals surface area contributed by atoms with Gasteiger partial charge in [-0.25, -0.2) is 0 Å². The van der Waals surface area contributed by atoms with Crippen LogP contribution >= 0.6 is 0 Å². The van der Waals surface area contributed by atoms with Gasteiger partial charge in [0, 0.05) is 12.6 Å².